The van der Waals surface area contributed by atoms with Crippen molar-refractivity contribution in [3.05, 3.63) is 42.6 Å². The molecule has 0 aliphatic carbocycles. The van der Waals surface area contributed by atoms with E-state index in [4.69, 9.17) is 4.74 Å². The van der Waals surface area contributed by atoms with Crippen LogP contribution in [0.15, 0.2) is 41.8 Å². The summed E-state index contributed by atoms with van der Waals surface area (Å²) in [6.07, 6.45) is 3.07. The van der Waals surface area contributed by atoms with E-state index in [-0.39, 0.29) is 35.9 Å². The standard InChI is InChI=1S/C20H27FN8O.HI/c1-4-22-20(25-11-14(2)30-16-7-5-6-15(21)10-16)24-9-8-23-18-17-12-28-29(3)19(17)27-13-26-18;/h5-7,10,12-14H,4,8-9,11H2,1-3H3,(H2,22,24,25)(H,23,26,27);1H. The molecular formula is C20H28FIN8O. The molecule has 0 radical (unpaired) electrons. The number of aromatic nitrogens is 4. The van der Waals surface area contributed by atoms with Gasteiger partial charge >= 0.3 is 0 Å². The summed E-state index contributed by atoms with van der Waals surface area (Å²) in [6.45, 7) is 6.34. The highest BCUT2D eigenvalue weighted by molar-refractivity contribution is 14.0. The highest BCUT2D eigenvalue weighted by atomic mass is 127. The number of nitrogens with one attached hydrogen (secondary N) is 3. The number of guanidine groups is 1. The number of rotatable bonds is 9. The van der Waals surface area contributed by atoms with Crippen LogP contribution in [0.3, 0.4) is 0 Å². The Morgan fingerprint density at radius 2 is 2.10 bits per heavy atom. The van der Waals surface area contributed by atoms with Gasteiger partial charge in [0.15, 0.2) is 11.6 Å². The number of benzene rings is 1. The fourth-order valence-electron chi connectivity index (χ4n) is 2.84. The Bertz CT molecular complexity index is 996. The van der Waals surface area contributed by atoms with Crippen molar-refractivity contribution in [2.45, 2.75) is 20.0 Å². The van der Waals surface area contributed by atoms with Crippen molar-refractivity contribution in [2.75, 3.05) is 31.5 Å². The lowest BCUT2D eigenvalue weighted by molar-refractivity contribution is 0.229. The lowest BCUT2D eigenvalue weighted by Gasteiger charge is -2.15. The van der Waals surface area contributed by atoms with Crippen LogP contribution in [-0.2, 0) is 7.05 Å². The number of fused-ring (bicyclic) bond motifs is 1. The van der Waals surface area contributed by atoms with Gasteiger partial charge in [0, 0.05) is 32.7 Å². The minimum atomic E-state index is -0.321. The van der Waals surface area contributed by atoms with E-state index in [0.717, 1.165) is 23.4 Å². The molecule has 2 aromatic heterocycles. The van der Waals surface area contributed by atoms with Crippen molar-refractivity contribution in [3.8, 4) is 5.75 Å². The zero-order chi connectivity index (χ0) is 21.3. The van der Waals surface area contributed by atoms with E-state index in [1.54, 1.807) is 23.0 Å². The summed E-state index contributed by atoms with van der Waals surface area (Å²) in [4.78, 5) is 13.1. The number of hydrogen-bond acceptors (Lipinski definition) is 6. The van der Waals surface area contributed by atoms with Gasteiger partial charge in [0.25, 0.3) is 0 Å². The SMILES string of the molecule is CCNC(=NCC(C)Oc1cccc(F)c1)NCCNc1ncnc2c1cnn2C.I. The maximum Gasteiger partial charge on any atom is 0.191 e. The Morgan fingerprint density at radius 3 is 2.87 bits per heavy atom. The quantitative estimate of drug-likeness (QED) is 0.165. The summed E-state index contributed by atoms with van der Waals surface area (Å²) in [5.74, 6) is 1.60. The number of hydrogen-bond donors (Lipinski definition) is 3. The second kappa shape index (κ2) is 12.2. The molecule has 0 bridgehead atoms. The summed E-state index contributed by atoms with van der Waals surface area (Å²) in [6, 6.07) is 6.10. The number of halogens is 2. The third-order valence-corrected chi connectivity index (χ3v) is 4.22. The molecule has 0 spiro atoms. The molecule has 1 unspecified atom stereocenters. The Hall–Kier alpha value is -2.70. The van der Waals surface area contributed by atoms with Crippen molar-refractivity contribution < 1.29 is 9.13 Å². The van der Waals surface area contributed by atoms with E-state index < -0.39 is 0 Å². The molecule has 1 aromatic carbocycles. The molecule has 0 saturated heterocycles. The normalized spacial score (nSPS) is 12.2. The van der Waals surface area contributed by atoms with Crippen molar-refractivity contribution >= 4 is 46.8 Å². The van der Waals surface area contributed by atoms with Crippen molar-refractivity contribution in [1.82, 2.24) is 30.4 Å². The van der Waals surface area contributed by atoms with Crippen LogP contribution in [0.2, 0.25) is 0 Å². The van der Waals surface area contributed by atoms with E-state index in [2.05, 4.69) is 36.0 Å². The molecule has 0 saturated carbocycles. The van der Waals surface area contributed by atoms with Crippen LogP contribution in [0.1, 0.15) is 13.8 Å². The molecule has 1 atom stereocenters. The van der Waals surface area contributed by atoms with E-state index in [0.29, 0.717) is 31.3 Å². The Labute approximate surface area is 197 Å². The zero-order valence-corrected chi connectivity index (χ0v) is 20.1. The van der Waals surface area contributed by atoms with Crippen LogP contribution in [0.4, 0.5) is 10.2 Å². The van der Waals surface area contributed by atoms with E-state index in [9.17, 15) is 4.39 Å². The van der Waals surface area contributed by atoms with E-state index in [1.165, 1.54) is 18.5 Å². The molecule has 2 heterocycles. The van der Waals surface area contributed by atoms with Gasteiger partial charge < -0.3 is 20.7 Å². The Morgan fingerprint density at radius 1 is 1.26 bits per heavy atom. The molecule has 9 nitrogen and oxygen atoms in total. The van der Waals surface area contributed by atoms with Crippen molar-refractivity contribution in [1.29, 1.82) is 0 Å². The monoisotopic (exact) mass is 542 g/mol. The zero-order valence-electron chi connectivity index (χ0n) is 17.8. The minimum Gasteiger partial charge on any atom is -0.489 e. The largest absolute Gasteiger partial charge is 0.489 e. The van der Waals surface area contributed by atoms with Crippen molar-refractivity contribution in [3.63, 3.8) is 0 Å². The molecule has 31 heavy (non-hydrogen) atoms. The molecule has 3 aromatic rings. The maximum atomic E-state index is 13.3. The van der Waals surface area contributed by atoms with Gasteiger partial charge in [-0.05, 0) is 26.0 Å². The first-order valence-corrected chi connectivity index (χ1v) is 9.87. The number of anilines is 1. The summed E-state index contributed by atoms with van der Waals surface area (Å²) in [7, 11) is 1.85. The highest BCUT2D eigenvalue weighted by Crippen LogP contribution is 2.17. The fourth-order valence-corrected chi connectivity index (χ4v) is 2.84. The molecule has 3 rings (SSSR count). The number of ether oxygens (including phenoxy) is 1. The first kappa shape index (κ1) is 24.6. The molecule has 168 valence electrons. The van der Waals surface area contributed by atoms with Crippen LogP contribution in [0.25, 0.3) is 11.0 Å². The summed E-state index contributed by atoms with van der Waals surface area (Å²) in [5, 5.41) is 14.8. The minimum absolute atomic E-state index is 0. The van der Waals surface area contributed by atoms with Crippen LogP contribution in [0.5, 0.6) is 5.75 Å². The van der Waals surface area contributed by atoms with Gasteiger partial charge in [0.2, 0.25) is 0 Å². The number of aliphatic imine (C=N–C) groups is 1. The molecule has 11 heteroatoms. The molecule has 3 N–H and O–H groups in total. The Kier molecular flexibility index (Phi) is 9.69. The third-order valence-electron chi connectivity index (χ3n) is 4.22. The number of aryl methyl sites for hydroxylation is 1. The topological polar surface area (TPSA) is 101 Å². The first-order valence-electron chi connectivity index (χ1n) is 9.87. The molecular weight excluding hydrogens is 514 g/mol. The second-order valence-corrected chi connectivity index (χ2v) is 6.69. The van der Waals surface area contributed by atoms with Gasteiger partial charge in [-0.15, -0.1) is 24.0 Å². The fraction of sp³-hybridized carbons (Fsp3) is 0.400. The van der Waals surface area contributed by atoms with Gasteiger partial charge in [-0.2, -0.15) is 5.10 Å². The summed E-state index contributed by atoms with van der Waals surface area (Å²) >= 11 is 0. The van der Waals surface area contributed by atoms with Gasteiger partial charge in [0.05, 0.1) is 18.1 Å². The van der Waals surface area contributed by atoms with Gasteiger partial charge in [-0.3, -0.25) is 4.68 Å². The first-order chi connectivity index (χ1) is 14.6. The van der Waals surface area contributed by atoms with Crippen LogP contribution >= 0.6 is 24.0 Å². The van der Waals surface area contributed by atoms with Gasteiger partial charge in [-0.25, -0.2) is 19.4 Å². The van der Waals surface area contributed by atoms with Crippen LogP contribution < -0.4 is 20.7 Å². The predicted molar refractivity (Wildman–Crippen MR) is 131 cm³/mol. The lowest BCUT2D eigenvalue weighted by Crippen LogP contribution is -2.40. The maximum absolute atomic E-state index is 13.3. The average Bonchev–Trinajstić information content (AvgIpc) is 3.11. The Balaban J connectivity index is 0.00000341. The number of nitrogens with zero attached hydrogens (tertiary/aromatic N) is 5. The second-order valence-electron chi connectivity index (χ2n) is 6.69. The summed E-state index contributed by atoms with van der Waals surface area (Å²) < 4.78 is 20.7. The highest BCUT2D eigenvalue weighted by Gasteiger charge is 2.08. The molecule has 0 amide bonds. The third kappa shape index (κ3) is 7.19. The van der Waals surface area contributed by atoms with Crippen molar-refractivity contribution in [2.24, 2.45) is 12.0 Å². The van der Waals surface area contributed by atoms with Gasteiger partial charge in [-0.1, -0.05) is 6.07 Å². The van der Waals surface area contributed by atoms with E-state index >= 15 is 0 Å². The molecule has 0 aliphatic rings. The van der Waals surface area contributed by atoms with Gasteiger partial charge in [0.1, 0.15) is 29.8 Å². The van der Waals surface area contributed by atoms with Crippen LogP contribution in [-0.4, -0.2) is 58.0 Å². The average molecular weight is 542 g/mol. The predicted octanol–water partition coefficient (Wildman–Crippen LogP) is 2.55. The smallest absolute Gasteiger partial charge is 0.191 e. The lowest BCUT2D eigenvalue weighted by atomic mass is 10.3. The molecule has 0 aliphatic heterocycles. The molecule has 0 fully saturated rings. The van der Waals surface area contributed by atoms with E-state index in [1.807, 2.05) is 20.9 Å². The van der Waals surface area contributed by atoms with Crippen LogP contribution in [0, 0.1) is 5.82 Å². The summed E-state index contributed by atoms with van der Waals surface area (Å²) in [5.41, 5.74) is 0.780.